The number of unbranched alkanes of at least 4 members (excludes halogenated alkanes) is 1. The van der Waals surface area contributed by atoms with Gasteiger partial charge in [-0.25, -0.2) is 14.1 Å². The van der Waals surface area contributed by atoms with Crippen LogP contribution in [0.2, 0.25) is 5.15 Å². The fourth-order valence-electron chi connectivity index (χ4n) is 4.68. The van der Waals surface area contributed by atoms with Gasteiger partial charge in [-0.2, -0.15) is 0 Å². The average molecular weight is 647 g/mol. The highest BCUT2D eigenvalue weighted by molar-refractivity contribution is 7.81. The molecule has 0 N–H and O–H groups in total. The minimum absolute atomic E-state index is 0.0436. The maximum absolute atomic E-state index is 13.1. The summed E-state index contributed by atoms with van der Waals surface area (Å²) in [5.41, 5.74) is 3.23. The van der Waals surface area contributed by atoms with Crippen molar-refractivity contribution >= 4 is 51.8 Å². The second-order valence-corrected chi connectivity index (χ2v) is 12.0. The van der Waals surface area contributed by atoms with Gasteiger partial charge < -0.3 is 13.9 Å². The molecule has 1 atom stereocenters. The average Bonchev–Trinajstić information content (AvgIpc) is 3.64. The Kier molecular flexibility index (Phi) is 10.4. The van der Waals surface area contributed by atoms with Crippen LogP contribution in [0.3, 0.4) is 0 Å². The monoisotopic (exact) mass is 646 g/mol. The molecular formula is C33H29ClN3O5S2-. The van der Waals surface area contributed by atoms with Crippen LogP contribution in [0.25, 0.3) is 10.4 Å². The summed E-state index contributed by atoms with van der Waals surface area (Å²) in [5.74, 6) is -0.269. The number of aromatic nitrogens is 2. The zero-order valence-corrected chi connectivity index (χ0v) is 26.2. The largest absolute Gasteiger partial charge is 0.755 e. The molecule has 0 fully saturated rings. The Balaban J connectivity index is 1.36. The van der Waals surface area contributed by atoms with Gasteiger partial charge in [0.25, 0.3) is 5.91 Å². The van der Waals surface area contributed by atoms with Crippen LogP contribution in [0.15, 0.2) is 96.4 Å². The molecule has 44 heavy (non-hydrogen) atoms. The van der Waals surface area contributed by atoms with E-state index in [0.717, 1.165) is 40.5 Å². The number of carbonyl (C=O) groups is 2. The Bertz CT molecular complexity index is 1760. The lowest BCUT2D eigenvalue weighted by Crippen LogP contribution is -2.32. The highest BCUT2D eigenvalue weighted by atomic mass is 35.5. The number of hydrogen-bond acceptors (Lipinski definition) is 7. The third-order valence-corrected chi connectivity index (χ3v) is 8.96. The van der Waals surface area contributed by atoms with Crippen molar-refractivity contribution in [1.29, 1.82) is 0 Å². The van der Waals surface area contributed by atoms with Crippen LogP contribution in [0.1, 0.15) is 57.6 Å². The third kappa shape index (κ3) is 7.16. The summed E-state index contributed by atoms with van der Waals surface area (Å²) >= 11 is 5.31. The van der Waals surface area contributed by atoms with Crippen LogP contribution in [-0.4, -0.2) is 30.2 Å². The number of ether oxygens (including phenoxy) is 1. The molecule has 0 radical (unpaired) electrons. The number of imidazole rings is 1. The number of halogens is 1. The van der Waals surface area contributed by atoms with Crippen LogP contribution in [0.4, 0.5) is 5.69 Å². The van der Waals surface area contributed by atoms with Gasteiger partial charge in [0.15, 0.2) is 0 Å². The fourth-order valence-corrected chi connectivity index (χ4v) is 6.43. The van der Waals surface area contributed by atoms with E-state index >= 15 is 0 Å². The Morgan fingerprint density at radius 3 is 2.27 bits per heavy atom. The van der Waals surface area contributed by atoms with Crippen LogP contribution in [0.5, 0.6) is 0 Å². The standard InChI is InChI=1S/C33H30ClN3O5S2/c1-2-3-14-29-35-27(22-42-33(39)26-12-8-5-9-13-26)31(34)36(29)21-23-15-17-24(18-16-23)30-28(19-20-43-30)37(44(40)41)32(38)25-10-6-4-7-11-25/h4-13,15-20H,2-3,14,21-22H2,1H3,(H,40,41)/p-1. The number of hydrogen-bond donors (Lipinski definition) is 0. The molecule has 2 aromatic heterocycles. The van der Waals surface area contributed by atoms with Gasteiger partial charge in [0.2, 0.25) is 0 Å². The maximum atomic E-state index is 13.1. The molecule has 1 unspecified atom stereocenters. The van der Waals surface area contributed by atoms with Gasteiger partial charge in [-0.1, -0.05) is 85.6 Å². The normalized spacial score (nSPS) is 11.7. The van der Waals surface area contributed by atoms with Crippen molar-refractivity contribution in [3.63, 3.8) is 0 Å². The van der Waals surface area contributed by atoms with E-state index in [1.165, 1.54) is 11.3 Å². The lowest BCUT2D eigenvalue weighted by atomic mass is 10.1. The Morgan fingerprint density at radius 2 is 1.64 bits per heavy atom. The number of benzene rings is 3. The van der Waals surface area contributed by atoms with Crippen molar-refractivity contribution in [1.82, 2.24) is 9.55 Å². The van der Waals surface area contributed by atoms with Gasteiger partial charge in [0, 0.05) is 12.0 Å². The summed E-state index contributed by atoms with van der Waals surface area (Å²) in [7, 11) is 0. The van der Waals surface area contributed by atoms with Gasteiger partial charge in [-0.15, -0.1) is 11.3 Å². The smallest absolute Gasteiger partial charge is 0.338 e. The summed E-state index contributed by atoms with van der Waals surface area (Å²) < 4.78 is 32.6. The molecule has 5 aromatic rings. The molecule has 5 rings (SSSR count). The zero-order valence-electron chi connectivity index (χ0n) is 23.9. The fraction of sp³-hybridized carbons (Fsp3) is 0.182. The zero-order chi connectivity index (χ0) is 31.1. The molecule has 8 nitrogen and oxygen atoms in total. The predicted molar refractivity (Wildman–Crippen MR) is 172 cm³/mol. The number of thiophene rings is 1. The molecule has 226 valence electrons. The van der Waals surface area contributed by atoms with Crippen molar-refractivity contribution in [2.24, 2.45) is 0 Å². The van der Waals surface area contributed by atoms with Crippen LogP contribution < -0.4 is 4.31 Å². The van der Waals surface area contributed by atoms with Crippen LogP contribution >= 0.6 is 22.9 Å². The predicted octanol–water partition coefficient (Wildman–Crippen LogP) is 7.45. The maximum Gasteiger partial charge on any atom is 0.338 e. The highest BCUT2D eigenvalue weighted by Crippen LogP contribution is 2.37. The van der Waals surface area contributed by atoms with Gasteiger partial charge in [0.1, 0.15) is 23.3 Å². The molecule has 0 bridgehead atoms. The number of carbonyl (C=O) groups excluding carboxylic acids is 2. The first-order valence-corrected chi connectivity index (χ1v) is 16.3. The van der Waals surface area contributed by atoms with Crippen molar-refractivity contribution in [3.05, 3.63) is 130 Å². The molecule has 0 aliphatic heterocycles. The van der Waals surface area contributed by atoms with Gasteiger partial charge >= 0.3 is 5.97 Å². The number of nitrogens with zero attached hydrogens (tertiary/aromatic N) is 3. The molecule has 11 heteroatoms. The number of rotatable bonds is 12. The van der Waals surface area contributed by atoms with Crippen LogP contribution in [-0.2, 0) is 35.6 Å². The SMILES string of the molecule is CCCCc1nc(COC(=O)c2ccccc2)c(Cl)n1Cc1ccc(-c2sccc2N(C(=O)c2ccccc2)S(=O)[O-])cc1. The second-order valence-electron chi connectivity index (χ2n) is 9.91. The molecular weight excluding hydrogens is 618 g/mol. The highest BCUT2D eigenvalue weighted by Gasteiger charge is 2.23. The number of anilines is 1. The first-order chi connectivity index (χ1) is 21.4. The summed E-state index contributed by atoms with van der Waals surface area (Å²) in [6, 6.07) is 26.3. The summed E-state index contributed by atoms with van der Waals surface area (Å²) in [6.07, 6.45) is 2.63. The molecule has 0 spiro atoms. The second kappa shape index (κ2) is 14.6. The quantitative estimate of drug-likeness (QED) is 0.103. The van der Waals surface area contributed by atoms with E-state index < -0.39 is 23.1 Å². The minimum atomic E-state index is -2.82. The number of amides is 1. The van der Waals surface area contributed by atoms with Crippen molar-refractivity contribution in [2.45, 2.75) is 39.3 Å². The van der Waals surface area contributed by atoms with E-state index in [1.54, 1.807) is 66.0 Å². The lowest BCUT2D eigenvalue weighted by Gasteiger charge is -2.24. The van der Waals surface area contributed by atoms with Crippen molar-refractivity contribution in [2.75, 3.05) is 4.31 Å². The van der Waals surface area contributed by atoms with Crippen LogP contribution in [0, 0.1) is 0 Å². The number of esters is 1. The van der Waals surface area contributed by atoms with E-state index in [0.29, 0.717) is 33.5 Å². The van der Waals surface area contributed by atoms with Gasteiger partial charge in [-0.3, -0.25) is 9.00 Å². The lowest BCUT2D eigenvalue weighted by molar-refractivity contribution is 0.0468. The number of aryl methyl sites for hydroxylation is 1. The molecule has 0 aliphatic rings. The van der Waals surface area contributed by atoms with E-state index in [-0.39, 0.29) is 12.2 Å². The van der Waals surface area contributed by atoms with Crippen molar-refractivity contribution in [3.8, 4) is 10.4 Å². The van der Waals surface area contributed by atoms with E-state index in [1.807, 2.05) is 34.9 Å². The third-order valence-electron chi connectivity index (χ3n) is 6.93. The topological polar surface area (TPSA) is 105 Å². The Labute approximate surface area is 267 Å². The van der Waals surface area contributed by atoms with Crippen molar-refractivity contribution < 1.29 is 23.1 Å². The van der Waals surface area contributed by atoms with Gasteiger partial charge in [0.05, 0.1) is 33.9 Å². The van der Waals surface area contributed by atoms with E-state index in [4.69, 9.17) is 21.3 Å². The minimum Gasteiger partial charge on any atom is -0.755 e. The summed E-state index contributed by atoms with van der Waals surface area (Å²) in [5, 5.41) is 2.17. The molecule has 0 saturated heterocycles. The molecule has 0 saturated carbocycles. The summed E-state index contributed by atoms with van der Waals surface area (Å²) in [4.78, 5) is 30.9. The molecule has 3 aromatic carbocycles. The first-order valence-electron chi connectivity index (χ1n) is 14.0. The Hall–Kier alpha value is -4.09. The van der Waals surface area contributed by atoms with Gasteiger partial charge in [-0.05, 0) is 53.3 Å². The molecule has 2 heterocycles. The molecule has 1 amide bonds. The molecule has 0 aliphatic carbocycles. The first kappa shape index (κ1) is 31.3. The summed E-state index contributed by atoms with van der Waals surface area (Å²) in [6.45, 7) is 2.50. The Morgan fingerprint density at radius 1 is 0.977 bits per heavy atom. The van der Waals surface area contributed by atoms with E-state index in [9.17, 15) is 18.4 Å². The van der Waals surface area contributed by atoms with E-state index in [2.05, 4.69) is 6.92 Å².